The van der Waals surface area contributed by atoms with Crippen molar-refractivity contribution in [2.45, 2.75) is 0 Å². The summed E-state index contributed by atoms with van der Waals surface area (Å²) < 4.78 is 12.6. The van der Waals surface area contributed by atoms with Crippen LogP contribution in [0.4, 0.5) is 17.1 Å². The number of furan rings is 2. The molecule has 3 heteroatoms. The van der Waals surface area contributed by atoms with Crippen LogP contribution in [0, 0.1) is 0 Å². The second kappa shape index (κ2) is 12.6. The third kappa shape index (κ3) is 5.28. The van der Waals surface area contributed by atoms with Crippen molar-refractivity contribution < 1.29 is 8.83 Å². The number of benzene rings is 9. The van der Waals surface area contributed by atoms with Gasteiger partial charge in [-0.15, -0.1) is 0 Å². The standard InChI is InChI=1S/C52H33NO2/c1-2-14-42-36(10-1)11-8-17-43(42)39-13-7-12-37(32-39)34-22-27-40(28-23-34)53(47-18-9-21-50-52(47)46-16-4-6-20-49(46)54-50)41-29-24-35(25-30-41)38-26-31-45-44-15-3-5-19-48(44)55-51(45)33-38/h1-33H. The Morgan fingerprint density at radius 3 is 1.62 bits per heavy atom. The van der Waals surface area contributed by atoms with Crippen LogP contribution in [0.15, 0.2) is 209 Å². The molecule has 11 aromatic rings. The van der Waals surface area contributed by atoms with E-state index < -0.39 is 0 Å². The highest BCUT2D eigenvalue weighted by Crippen LogP contribution is 2.44. The molecule has 0 saturated heterocycles. The van der Waals surface area contributed by atoms with Crippen LogP contribution in [-0.4, -0.2) is 0 Å². The predicted molar refractivity (Wildman–Crippen MR) is 229 cm³/mol. The lowest BCUT2D eigenvalue weighted by molar-refractivity contribution is 0.668. The monoisotopic (exact) mass is 703 g/mol. The van der Waals surface area contributed by atoms with Crippen molar-refractivity contribution in [1.82, 2.24) is 0 Å². The highest BCUT2D eigenvalue weighted by atomic mass is 16.3. The lowest BCUT2D eigenvalue weighted by Crippen LogP contribution is -2.10. The zero-order valence-electron chi connectivity index (χ0n) is 29.8. The summed E-state index contributed by atoms with van der Waals surface area (Å²) in [6.07, 6.45) is 0. The minimum Gasteiger partial charge on any atom is -0.456 e. The number of para-hydroxylation sites is 2. The first-order chi connectivity index (χ1) is 27.2. The van der Waals surface area contributed by atoms with Crippen molar-refractivity contribution in [3.05, 3.63) is 200 Å². The van der Waals surface area contributed by atoms with Gasteiger partial charge in [-0.3, -0.25) is 0 Å². The average molecular weight is 704 g/mol. The summed E-state index contributed by atoms with van der Waals surface area (Å²) in [5.41, 5.74) is 13.7. The molecule has 0 N–H and O–H groups in total. The Balaban J connectivity index is 1.01. The average Bonchev–Trinajstić information content (AvgIpc) is 3.83. The molecule has 2 aromatic heterocycles. The molecule has 0 aliphatic carbocycles. The van der Waals surface area contributed by atoms with Crippen LogP contribution in [-0.2, 0) is 0 Å². The largest absolute Gasteiger partial charge is 0.456 e. The van der Waals surface area contributed by atoms with Gasteiger partial charge >= 0.3 is 0 Å². The summed E-state index contributed by atoms with van der Waals surface area (Å²) >= 11 is 0. The molecule has 9 aromatic carbocycles. The minimum absolute atomic E-state index is 0.862. The molecule has 3 nitrogen and oxygen atoms in total. The fourth-order valence-electron chi connectivity index (χ4n) is 8.22. The Morgan fingerprint density at radius 2 is 0.836 bits per heavy atom. The van der Waals surface area contributed by atoms with Gasteiger partial charge in [0.05, 0.1) is 11.1 Å². The zero-order chi connectivity index (χ0) is 36.3. The van der Waals surface area contributed by atoms with Gasteiger partial charge in [-0.25, -0.2) is 0 Å². The van der Waals surface area contributed by atoms with Gasteiger partial charge < -0.3 is 13.7 Å². The third-order valence-electron chi connectivity index (χ3n) is 10.9. The number of fused-ring (bicyclic) bond motifs is 7. The number of rotatable bonds is 6. The van der Waals surface area contributed by atoms with E-state index in [0.29, 0.717) is 0 Å². The molecule has 0 atom stereocenters. The van der Waals surface area contributed by atoms with Crippen molar-refractivity contribution in [1.29, 1.82) is 0 Å². The maximum absolute atomic E-state index is 6.36. The van der Waals surface area contributed by atoms with Crippen LogP contribution in [0.5, 0.6) is 0 Å². The van der Waals surface area contributed by atoms with Crippen LogP contribution >= 0.6 is 0 Å². The van der Waals surface area contributed by atoms with Crippen molar-refractivity contribution >= 4 is 71.7 Å². The van der Waals surface area contributed by atoms with Gasteiger partial charge in [0.15, 0.2) is 0 Å². The third-order valence-corrected chi connectivity index (χ3v) is 10.9. The van der Waals surface area contributed by atoms with Crippen molar-refractivity contribution in [2.75, 3.05) is 4.90 Å². The van der Waals surface area contributed by atoms with E-state index in [9.17, 15) is 0 Å². The van der Waals surface area contributed by atoms with Crippen LogP contribution in [0.2, 0.25) is 0 Å². The fraction of sp³-hybridized carbons (Fsp3) is 0. The molecule has 0 bridgehead atoms. The Hall–Kier alpha value is -7.36. The minimum atomic E-state index is 0.862. The molecule has 0 fully saturated rings. The highest BCUT2D eigenvalue weighted by molar-refractivity contribution is 6.13. The van der Waals surface area contributed by atoms with E-state index >= 15 is 0 Å². The topological polar surface area (TPSA) is 29.5 Å². The Morgan fingerprint density at radius 1 is 0.309 bits per heavy atom. The first-order valence-electron chi connectivity index (χ1n) is 18.7. The molecule has 0 radical (unpaired) electrons. The van der Waals surface area contributed by atoms with Gasteiger partial charge in [0.1, 0.15) is 22.3 Å². The predicted octanol–water partition coefficient (Wildman–Crippen LogP) is 15.1. The normalized spacial score (nSPS) is 11.6. The fourth-order valence-corrected chi connectivity index (χ4v) is 8.22. The molecule has 258 valence electrons. The highest BCUT2D eigenvalue weighted by Gasteiger charge is 2.20. The second-order valence-corrected chi connectivity index (χ2v) is 14.1. The van der Waals surface area contributed by atoms with Crippen molar-refractivity contribution in [2.24, 2.45) is 0 Å². The molecule has 0 unspecified atom stereocenters. The van der Waals surface area contributed by atoms with E-state index in [1.165, 1.54) is 27.5 Å². The van der Waals surface area contributed by atoms with Gasteiger partial charge in [0.25, 0.3) is 0 Å². The molecule has 0 amide bonds. The molecule has 2 heterocycles. The molecular formula is C52H33NO2. The summed E-state index contributed by atoms with van der Waals surface area (Å²) in [6, 6.07) is 71.0. The molecule has 55 heavy (non-hydrogen) atoms. The van der Waals surface area contributed by atoms with Gasteiger partial charge in [-0.2, -0.15) is 0 Å². The molecule has 0 spiro atoms. The first kappa shape index (κ1) is 31.2. The van der Waals surface area contributed by atoms with Crippen LogP contribution in [0.25, 0.3) is 88.0 Å². The van der Waals surface area contributed by atoms with E-state index in [1.807, 2.05) is 24.3 Å². The second-order valence-electron chi connectivity index (χ2n) is 14.1. The number of hydrogen-bond donors (Lipinski definition) is 0. The van der Waals surface area contributed by atoms with E-state index in [4.69, 9.17) is 8.83 Å². The lowest BCUT2D eigenvalue weighted by atomic mass is 9.95. The maximum atomic E-state index is 6.36. The molecule has 0 saturated carbocycles. The SMILES string of the molecule is c1cc(-c2ccc(N(c3ccc(-c4ccc5c(c4)oc4ccccc45)cc3)c3cccc4oc5ccccc5c34)cc2)cc(-c2cccc3ccccc23)c1. The Bertz CT molecular complexity index is 3200. The van der Waals surface area contributed by atoms with Gasteiger partial charge in [-0.05, 0) is 111 Å². The van der Waals surface area contributed by atoms with Gasteiger partial charge in [-0.1, -0.05) is 133 Å². The molecule has 0 aliphatic heterocycles. The van der Waals surface area contributed by atoms with Crippen molar-refractivity contribution in [3.63, 3.8) is 0 Å². The van der Waals surface area contributed by atoms with Crippen molar-refractivity contribution in [3.8, 4) is 33.4 Å². The Labute approximate surface area is 317 Å². The van der Waals surface area contributed by atoms with E-state index in [2.05, 4.69) is 181 Å². The van der Waals surface area contributed by atoms with Gasteiger partial charge in [0.2, 0.25) is 0 Å². The van der Waals surface area contributed by atoms with Crippen LogP contribution in [0.1, 0.15) is 0 Å². The summed E-state index contributed by atoms with van der Waals surface area (Å²) in [5, 5.41) is 6.96. The summed E-state index contributed by atoms with van der Waals surface area (Å²) in [7, 11) is 0. The van der Waals surface area contributed by atoms with Gasteiger partial charge in [0, 0.05) is 27.5 Å². The molecule has 11 rings (SSSR count). The molecular weight excluding hydrogens is 671 g/mol. The van der Waals surface area contributed by atoms with E-state index in [0.717, 1.165) is 77.6 Å². The van der Waals surface area contributed by atoms with E-state index in [-0.39, 0.29) is 0 Å². The smallest absolute Gasteiger partial charge is 0.137 e. The number of hydrogen-bond acceptors (Lipinski definition) is 3. The summed E-state index contributed by atoms with van der Waals surface area (Å²) in [4.78, 5) is 2.34. The quantitative estimate of drug-likeness (QED) is 0.173. The first-order valence-corrected chi connectivity index (χ1v) is 18.7. The van der Waals surface area contributed by atoms with Crippen LogP contribution in [0.3, 0.4) is 0 Å². The molecule has 0 aliphatic rings. The van der Waals surface area contributed by atoms with E-state index in [1.54, 1.807) is 0 Å². The number of anilines is 3. The summed E-state index contributed by atoms with van der Waals surface area (Å²) in [6.45, 7) is 0. The Kier molecular flexibility index (Phi) is 7.17. The maximum Gasteiger partial charge on any atom is 0.137 e. The lowest BCUT2D eigenvalue weighted by Gasteiger charge is -2.26. The zero-order valence-corrected chi connectivity index (χ0v) is 29.8. The summed E-state index contributed by atoms with van der Waals surface area (Å²) in [5.74, 6) is 0. The number of nitrogens with zero attached hydrogens (tertiary/aromatic N) is 1. The van der Waals surface area contributed by atoms with Crippen LogP contribution < -0.4 is 4.90 Å².